The third-order valence-corrected chi connectivity index (χ3v) is 3.02. The van der Waals surface area contributed by atoms with Gasteiger partial charge in [-0.25, -0.2) is 0 Å². The molecule has 0 saturated heterocycles. The van der Waals surface area contributed by atoms with E-state index in [1.54, 1.807) is 18.5 Å². The van der Waals surface area contributed by atoms with E-state index >= 15 is 0 Å². The molecule has 19 heavy (non-hydrogen) atoms. The quantitative estimate of drug-likeness (QED) is 0.850. The molecule has 2 rings (SSSR count). The summed E-state index contributed by atoms with van der Waals surface area (Å²) >= 11 is 0. The van der Waals surface area contributed by atoms with E-state index in [1.807, 2.05) is 0 Å². The lowest BCUT2D eigenvalue weighted by atomic mass is 10.2. The van der Waals surface area contributed by atoms with Gasteiger partial charge in [0.05, 0.1) is 11.3 Å². The molecule has 0 atom stereocenters. The Hall–Kier alpha value is -1.95. The summed E-state index contributed by atoms with van der Waals surface area (Å²) in [5, 5.41) is 3.98. The maximum absolute atomic E-state index is 5.68. The number of likely N-dealkylation sites (N-methyl/N-ethyl adjacent to an activating group) is 1. The average Bonchev–Trinajstić information content (AvgIpc) is 2.89. The smallest absolute Gasteiger partial charge is 0.259 e. The lowest BCUT2D eigenvalue weighted by Gasteiger charge is -2.16. The molecule has 0 amide bonds. The molecule has 0 unspecified atom stereocenters. The fourth-order valence-corrected chi connectivity index (χ4v) is 1.85. The first-order valence-electron chi connectivity index (χ1n) is 6.48. The molecule has 0 radical (unpaired) electrons. The number of hydrogen-bond acceptors (Lipinski definition) is 6. The minimum absolute atomic E-state index is 0.467. The predicted molar refractivity (Wildman–Crippen MR) is 73.4 cm³/mol. The highest BCUT2D eigenvalue weighted by atomic mass is 16.5. The molecule has 102 valence electrons. The van der Waals surface area contributed by atoms with Crippen molar-refractivity contribution in [2.45, 2.75) is 20.3 Å². The van der Waals surface area contributed by atoms with Gasteiger partial charge in [-0.1, -0.05) is 19.0 Å². The second kappa shape index (κ2) is 6.29. The van der Waals surface area contributed by atoms with E-state index in [2.05, 4.69) is 33.9 Å². The molecule has 0 aliphatic rings. The van der Waals surface area contributed by atoms with Crippen molar-refractivity contribution in [1.29, 1.82) is 0 Å². The van der Waals surface area contributed by atoms with Gasteiger partial charge in [0.15, 0.2) is 5.82 Å². The molecule has 2 aromatic rings. The van der Waals surface area contributed by atoms with E-state index < -0.39 is 0 Å². The van der Waals surface area contributed by atoms with Gasteiger partial charge < -0.3 is 15.2 Å². The van der Waals surface area contributed by atoms with E-state index in [0.717, 1.165) is 31.6 Å². The van der Waals surface area contributed by atoms with E-state index in [1.165, 1.54) is 0 Å². The number of pyridine rings is 1. The summed E-state index contributed by atoms with van der Waals surface area (Å²) < 4.78 is 5.23. The van der Waals surface area contributed by atoms with Crippen LogP contribution in [0, 0.1) is 0 Å². The molecule has 0 aliphatic heterocycles. The van der Waals surface area contributed by atoms with Gasteiger partial charge in [0.25, 0.3) is 5.89 Å². The molecule has 6 nitrogen and oxygen atoms in total. The van der Waals surface area contributed by atoms with Crippen molar-refractivity contribution in [2.24, 2.45) is 0 Å². The Morgan fingerprint density at radius 3 is 2.74 bits per heavy atom. The predicted octanol–water partition coefficient (Wildman–Crippen LogP) is 1.60. The zero-order valence-corrected chi connectivity index (χ0v) is 11.3. The van der Waals surface area contributed by atoms with Gasteiger partial charge in [-0.15, -0.1) is 0 Å². The van der Waals surface area contributed by atoms with Gasteiger partial charge in [-0.05, 0) is 19.2 Å². The van der Waals surface area contributed by atoms with Gasteiger partial charge in [-0.3, -0.25) is 4.98 Å². The first-order valence-corrected chi connectivity index (χ1v) is 6.48. The second-order valence-corrected chi connectivity index (χ2v) is 4.30. The van der Waals surface area contributed by atoms with Gasteiger partial charge in [0.2, 0.25) is 0 Å². The van der Waals surface area contributed by atoms with Crippen LogP contribution in [0.4, 0.5) is 5.69 Å². The summed E-state index contributed by atoms with van der Waals surface area (Å²) in [5.41, 5.74) is 7.01. The van der Waals surface area contributed by atoms with Crippen LogP contribution in [0.5, 0.6) is 0 Å². The van der Waals surface area contributed by atoms with Crippen LogP contribution in [0.3, 0.4) is 0 Å². The van der Waals surface area contributed by atoms with E-state index in [4.69, 9.17) is 10.3 Å². The standard InChI is InChI=1S/C13H19N5O/c1-3-18(4-2)6-5-12-16-13(19-17-12)10-7-11(14)9-15-8-10/h7-9H,3-6,14H2,1-2H3. The van der Waals surface area contributed by atoms with Crippen LogP contribution < -0.4 is 5.73 Å². The van der Waals surface area contributed by atoms with Gasteiger partial charge in [0.1, 0.15) is 0 Å². The Bertz CT molecular complexity index is 521. The SMILES string of the molecule is CCN(CC)CCc1noc(-c2cncc(N)c2)n1. The van der Waals surface area contributed by atoms with Gasteiger partial charge in [0, 0.05) is 25.4 Å². The number of hydrogen-bond donors (Lipinski definition) is 1. The highest BCUT2D eigenvalue weighted by Gasteiger charge is 2.10. The van der Waals surface area contributed by atoms with Crippen LogP contribution in [0.1, 0.15) is 19.7 Å². The fraction of sp³-hybridized carbons (Fsp3) is 0.462. The summed E-state index contributed by atoms with van der Waals surface area (Å²) in [6.45, 7) is 7.27. The van der Waals surface area contributed by atoms with E-state index in [0.29, 0.717) is 17.4 Å². The third-order valence-electron chi connectivity index (χ3n) is 3.02. The largest absolute Gasteiger partial charge is 0.397 e. The van der Waals surface area contributed by atoms with Crippen molar-refractivity contribution in [3.8, 4) is 11.5 Å². The Morgan fingerprint density at radius 1 is 1.26 bits per heavy atom. The molecule has 0 aromatic carbocycles. The highest BCUT2D eigenvalue weighted by molar-refractivity contribution is 5.57. The van der Waals surface area contributed by atoms with E-state index in [-0.39, 0.29) is 0 Å². The monoisotopic (exact) mass is 261 g/mol. The molecule has 0 spiro atoms. The van der Waals surface area contributed by atoms with Crippen molar-refractivity contribution in [2.75, 3.05) is 25.4 Å². The first kappa shape index (κ1) is 13.5. The molecular formula is C13H19N5O. The number of nitrogens with zero attached hydrogens (tertiary/aromatic N) is 4. The van der Waals surface area contributed by atoms with E-state index in [9.17, 15) is 0 Å². The fourth-order valence-electron chi connectivity index (χ4n) is 1.85. The number of nitrogens with two attached hydrogens (primary N) is 1. The van der Waals surface area contributed by atoms with Crippen LogP contribution in [-0.4, -0.2) is 39.7 Å². The van der Waals surface area contributed by atoms with Gasteiger partial charge >= 0.3 is 0 Å². The summed E-state index contributed by atoms with van der Waals surface area (Å²) in [4.78, 5) is 10.7. The van der Waals surface area contributed by atoms with Crippen LogP contribution in [-0.2, 0) is 6.42 Å². The Labute approximate surface area is 112 Å². The molecule has 0 saturated carbocycles. The van der Waals surface area contributed by atoms with Gasteiger partial charge in [-0.2, -0.15) is 4.98 Å². The number of aromatic nitrogens is 3. The van der Waals surface area contributed by atoms with Crippen molar-refractivity contribution >= 4 is 5.69 Å². The minimum atomic E-state index is 0.467. The average molecular weight is 261 g/mol. The maximum atomic E-state index is 5.68. The molecular weight excluding hydrogens is 242 g/mol. The summed E-state index contributed by atoms with van der Waals surface area (Å²) in [6, 6.07) is 1.77. The van der Waals surface area contributed by atoms with Crippen molar-refractivity contribution < 1.29 is 4.52 Å². The lowest BCUT2D eigenvalue weighted by molar-refractivity contribution is 0.303. The topological polar surface area (TPSA) is 81.1 Å². The van der Waals surface area contributed by atoms with Crippen LogP contribution in [0.2, 0.25) is 0 Å². The number of anilines is 1. The number of nitrogen functional groups attached to an aromatic ring is 1. The Morgan fingerprint density at radius 2 is 2.05 bits per heavy atom. The Balaban J connectivity index is 2.03. The van der Waals surface area contributed by atoms with Crippen LogP contribution in [0.15, 0.2) is 23.0 Å². The molecule has 6 heteroatoms. The number of rotatable bonds is 6. The van der Waals surface area contributed by atoms with Crippen molar-refractivity contribution in [3.63, 3.8) is 0 Å². The normalized spacial score (nSPS) is 11.1. The van der Waals surface area contributed by atoms with Crippen LogP contribution in [0.25, 0.3) is 11.5 Å². The first-order chi connectivity index (χ1) is 9.22. The summed E-state index contributed by atoms with van der Waals surface area (Å²) in [7, 11) is 0. The highest BCUT2D eigenvalue weighted by Crippen LogP contribution is 2.18. The van der Waals surface area contributed by atoms with Crippen LogP contribution >= 0.6 is 0 Å². The third kappa shape index (κ3) is 3.51. The lowest BCUT2D eigenvalue weighted by Crippen LogP contribution is -2.25. The minimum Gasteiger partial charge on any atom is -0.397 e. The molecule has 2 heterocycles. The molecule has 2 aromatic heterocycles. The maximum Gasteiger partial charge on any atom is 0.259 e. The Kier molecular flexibility index (Phi) is 4.46. The summed E-state index contributed by atoms with van der Waals surface area (Å²) in [6.07, 6.45) is 4.03. The zero-order chi connectivity index (χ0) is 13.7. The van der Waals surface area contributed by atoms with Crippen molar-refractivity contribution in [1.82, 2.24) is 20.0 Å². The second-order valence-electron chi connectivity index (χ2n) is 4.30. The molecule has 0 fully saturated rings. The molecule has 2 N–H and O–H groups in total. The molecule has 0 aliphatic carbocycles. The zero-order valence-electron chi connectivity index (χ0n) is 11.3. The molecule has 0 bridgehead atoms. The van der Waals surface area contributed by atoms with Crippen molar-refractivity contribution in [3.05, 3.63) is 24.3 Å². The summed E-state index contributed by atoms with van der Waals surface area (Å²) in [5.74, 6) is 1.18.